The van der Waals surface area contributed by atoms with Gasteiger partial charge in [-0.3, -0.25) is 0 Å². The molecule has 2 heteroatoms. The third-order valence-corrected chi connectivity index (χ3v) is 2.36. The molecule has 0 amide bonds. The molecule has 0 bridgehead atoms. The van der Waals surface area contributed by atoms with E-state index in [0.717, 1.165) is 19.4 Å². The normalized spacial score (nSPS) is 22.7. The Morgan fingerprint density at radius 1 is 1.38 bits per heavy atom. The second-order valence-electron chi connectivity index (χ2n) is 3.46. The van der Waals surface area contributed by atoms with E-state index in [1.807, 2.05) is 18.2 Å². The van der Waals surface area contributed by atoms with E-state index in [9.17, 15) is 5.11 Å². The van der Waals surface area contributed by atoms with Crippen molar-refractivity contribution in [3.63, 3.8) is 0 Å². The van der Waals surface area contributed by atoms with Crippen LogP contribution in [0.15, 0.2) is 30.3 Å². The standard InChI is InChI=1S/C11H14O2/c12-10(11-8-13-11)7-6-9-4-2-1-3-5-9/h1-5,10-12H,6-8H2. The lowest BCUT2D eigenvalue weighted by atomic mass is 10.1. The zero-order chi connectivity index (χ0) is 9.10. The first kappa shape index (κ1) is 8.73. The molecule has 2 nitrogen and oxygen atoms in total. The minimum atomic E-state index is -0.278. The van der Waals surface area contributed by atoms with Crippen molar-refractivity contribution in [1.82, 2.24) is 0 Å². The molecule has 0 saturated carbocycles. The van der Waals surface area contributed by atoms with Gasteiger partial charge in [-0.05, 0) is 18.4 Å². The van der Waals surface area contributed by atoms with Crippen molar-refractivity contribution < 1.29 is 9.84 Å². The van der Waals surface area contributed by atoms with Gasteiger partial charge in [0.2, 0.25) is 0 Å². The molecule has 1 heterocycles. The Labute approximate surface area is 78.2 Å². The Morgan fingerprint density at radius 3 is 2.69 bits per heavy atom. The molecule has 2 rings (SSSR count). The predicted molar refractivity (Wildman–Crippen MR) is 50.5 cm³/mol. The maximum atomic E-state index is 9.53. The van der Waals surface area contributed by atoms with Crippen molar-refractivity contribution in [1.29, 1.82) is 0 Å². The molecule has 1 aromatic carbocycles. The first-order chi connectivity index (χ1) is 6.36. The van der Waals surface area contributed by atoms with Crippen molar-refractivity contribution >= 4 is 0 Å². The van der Waals surface area contributed by atoms with Crippen molar-refractivity contribution in [2.24, 2.45) is 0 Å². The number of aliphatic hydroxyl groups excluding tert-OH is 1. The first-order valence-corrected chi connectivity index (χ1v) is 4.70. The molecule has 0 aromatic heterocycles. The Kier molecular flexibility index (Phi) is 2.62. The summed E-state index contributed by atoms with van der Waals surface area (Å²) in [5.41, 5.74) is 1.28. The van der Waals surface area contributed by atoms with Crippen LogP contribution >= 0.6 is 0 Å². The van der Waals surface area contributed by atoms with Crippen LogP contribution in [0.5, 0.6) is 0 Å². The summed E-state index contributed by atoms with van der Waals surface area (Å²) in [5.74, 6) is 0. The summed E-state index contributed by atoms with van der Waals surface area (Å²) >= 11 is 0. The number of hydrogen-bond acceptors (Lipinski definition) is 2. The summed E-state index contributed by atoms with van der Waals surface area (Å²) in [5, 5.41) is 9.53. The average molecular weight is 178 g/mol. The molecule has 1 aliphatic heterocycles. The maximum Gasteiger partial charge on any atom is 0.107 e. The highest BCUT2D eigenvalue weighted by Crippen LogP contribution is 2.18. The van der Waals surface area contributed by atoms with Gasteiger partial charge >= 0.3 is 0 Å². The Bertz CT molecular complexity index is 254. The van der Waals surface area contributed by atoms with Gasteiger partial charge in [-0.1, -0.05) is 30.3 Å². The fraction of sp³-hybridized carbons (Fsp3) is 0.455. The van der Waals surface area contributed by atoms with Gasteiger partial charge in [-0.2, -0.15) is 0 Å². The molecule has 0 aliphatic carbocycles. The van der Waals surface area contributed by atoms with E-state index < -0.39 is 0 Å². The average Bonchev–Trinajstić information content (AvgIpc) is 2.99. The van der Waals surface area contributed by atoms with Crippen LogP contribution < -0.4 is 0 Å². The largest absolute Gasteiger partial charge is 0.390 e. The molecule has 2 atom stereocenters. The van der Waals surface area contributed by atoms with Crippen LogP contribution in [0, 0.1) is 0 Å². The second kappa shape index (κ2) is 3.90. The van der Waals surface area contributed by atoms with Crippen LogP contribution in [0.3, 0.4) is 0 Å². The molecule has 1 saturated heterocycles. The van der Waals surface area contributed by atoms with Gasteiger partial charge in [0.15, 0.2) is 0 Å². The Hall–Kier alpha value is -0.860. The number of ether oxygens (including phenoxy) is 1. The van der Waals surface area contributed by atoms with E-state index >= 15 is 0 Å². The van der Waals surface area contributed by atoms with Crippen LogP contribution in [-0.4, -0.2) is 23.9 Å². The minimum Gasteiger partial charge on any atom is -0.390 e. The predicted octanol–water partition coefficient (Wildman–Crippen LogP) is 1.38. The number of aryl methyl sites for hydroxylation is 1. The molecule has 70 valence electrons. The highest BCUT2D eigenvalue weighted by atomic mass is 16.6. The summed E-state index contributed by atoms with van der Waals surface area (Å²) in [6.45, 7) is 0.732. The number of benzene rings is 1. The molecule has 1 aliphatic rings. The van der Waals surface area contributed by atoms with E-state index in [4.69, 9.17) is 4.74 Å². The summed E-state index contributed by atoms with van der Waals surface area (Å²) in [6.07, 6.45) is 1.57. The molecular formula is C11H14O2. The molecule has 2 unspecified atom stereocenters. The summed E-state index contributed by atoms with van der Waals surface area (Å²) < 4.78 is 5.01. The Balaban J connectivity index is 1.78. The molecule has 0 spiro atoms. The smallest absolute Gasteiger partial charge is 0.107 e. The van der Waals surface area contributed by atoms with Crippen LogP contribution in [0.2, 0.25) is 0 Å². The van der Waals surface area contributed by atoms with E-state index in [1.165, 1.54) is 5.56 Å². The highest BCUT2D eigenvalue weighted by Gasteiger charge is 2.30. The van der Waals surface area contributed by atoms with E-state index in [0.29, 0.717) is 0 Å². The molecule has 0 radical (unpaired) electrons. The fourth-order valence-electron chi connectivity index (χ4n) is 1.42. The fourth-order valence-corrected chi connectivity index (χ4v) is 1.42. The first-order valence-electron chi connectivity index (χ1n) is 4.70. The lowest BCUT2D eigenvalue weighted by molar-refractivity contribution is 0.127. The maximum absolute atomic E-state index is 9.53. The zero-order valence-electron chi connectivity index (χ0n) is 7.52. The van der Waals surface area contributed by atoms with Gasteiger partial charge in [0.1, 0.15) is 6.10 Å². The van der Waals surface area contributed by atoms with Gasteiger partial charge in [-0.25, -0.2) is 0 Å². The van der Waals surface area contributed by atoms with Gasteiger partial charge in [0, 0.05) is 0 Å². The van der Waals surface area contributed by atoms with Crippen molar-refractivity contribution in [3.8, 4) is 0 Å². The molecule has 1 aromatic rings. The quantitative estimate of drug-likeness (QED) is 0.706. The van der Waals surface area contributed by atoms with Crippen LogP contribution in [0.25, 0.3) is 0 Å². The third-order valence-electron chi connectivity index (χ3n) is 2.36. The number of epoxide rings is 1. The molecular weight excluding hydrogens is 164 g/mol. The number of rotatable bonds is 4. The number of aliphatic hydroxyl groups is 1. The number of hydrogen-bond donors (Lipinski definition) is 1. The summed E-state index contributed by atoms with van der Waals surface area (Å²) in [4.78, 5) is 0. The van der Waals surface area contributed by atoms with E-state index in [2.05, 4.69) is 12.1 Å². The van der Waals surface area contributed by atoms with Crippen molar-refractivity contribution in [2.45, 2.75) is 25.0 Å². The zero-order valence-corrected chi connectivity index (χ0v) is 7.52. The van der Waals surface area contributed by atoms with Gasteiger partial charge in [-0.15, -0.1) is 0 Å². The van der Waals surface area contributed by atoms with E-state index in [1.54, 1.807) is 0 Å². The molecule has 13 heavy (non-hydrogen) atoms. The summed E-state index contributed by atoms with van der Waals surface area (Å²) in [7, 11) is 0. The summed E-state index contributed by atoms with van der Waals surface area (Å²) in [6, 6.07) is 10.2. The van der Waals surface area contributed by atoms with E-state index in [-0.39, 0.29) is 12.2 Å². The lowest BCUT2D eigenvalue weighted by Crippen LogP contribution is -2.15. The minimum absolute atomic E-state index is 0.115. The molecule has 1 fully saturated rings. The second-order valence-corrected chi connectivity index (χ2v) is 3.46. The SMILES string of the molecule is OC(CCc1ccccc1)C1CO1. The van der Waals surface area contributed by atoms with Gasteiger partial charge in [0.25, 0.3) is 0 Å². The Morgan fingerprint density at radius 2 is 2.08 bits per heavy atom. The van der Waals surface area contributed by atoms with Gasteiger partial charge < -0.3 is 9.84 Å². The van der Waals surface area contributed by atoms with Gasteiger partial charge in [0.05, 0.1) is 12.7 Å². The topological polar surface area (TPSA) is 32.8 Å². The monoisotopic (exact) mass is 178 g/mol. The highest BCUT2D eigenvalue weighted by molar-refractivity contribution is 5.14. The lowest BCUT2D eigenvalue weighted by Gasteiger charge is -2.06. The third kappa shape index (κ3) is 2.54. The molecule has 1 N–H and O–H groups in total. The van der Waals surface area contributed by atoms with Crippen LogP contribution in [0.4, 0.5) is 0 Å². The van der Waals surface area contributed by atoms with Crippen LogP contribution in [-0.2, 0) is 11.2 Å². The van der Waals surface area contributed by atoms with Crippen molar-refractivity contribution in [3.05, 3.63) is 35.9 Å². The van der Waals surface area contributed by atoms with Crippen molar-refractivity contribution in [2.75, 3.05) is 6.61 Å². The van der Waals surface area contributed by atoms with Crippen LogP contribution in [0.1, 0.15) is 12.0 Å².